The van der Waals surface area contributed by atoms with Gasteiger partial charge in [0.25, 0.3) is 0 Å². The molecule has 0 aliphatic heterocycles. The first-order valence-electron chi connectivity index (χ1n) is 4.11. The number of carboxylic acids is 1. The van der Waals surface area contributed by atoms with E-state index in [1.807, 2.05) is 6.07 Å². The summed E-state index contributed by atoms with van der Waals surface area (Å²) in [5.74, 6) is -0.945. The zero-order valence-corrected chi connectivity index (χ0v) is 7.47. The molecule has 0 saturated carbocycles. The van der Waals surface area contributed by atoms with E-state index in [2.05, 4.69) is 0 Å². The molecular weight excluding hydrogens is 180 g/mol. The molecule has 0 spiro atoms. The zero-order valence-electron chi connectivity index (χ0n) is 7.47. The van der Waals surface area contributed by atoms with Crippen molar-refractivity contribution in [2.75, 3.05) is 0 Å². The van der Waals surface area contributed by atoms with Crippen molar-refractivity contribution in [3.8, 4) is 6.07 Å². The van der Waals surface area contributed by atoms with E-state index in [-0.39, 0.29) is 6.42 Å². The molecule has 0 bridgehead atoms. The van der Waals surface area contributed by atoms with Gasteiger partial charge >= 0.3 is 5.97 Å². The predicted octanol–water partition coefficient (Wildman–Crippen LogP) is 1.03. The lowest BCUT2D eigenvalue weighted by Gasteiger charge is -2.08. The third kappa shape index (κ3) is 2.57. The summed E-state index contributed by atoms with van der Waals surface area (Å²) in [6.45, 7) is 0. The van der Waals surface area contributed by atoms with Crippen molar-refractivity contribution in [2.45, 2.75) is 12.5 Å². The highest BCUT2D eigenvalue weighted by molar-refractivity contribution is 5.67. The zero-order chi connectivity index (χ0) is 10.6. The summed E-state index contributed by atoms with van der Waals surface area (Å²) in [7, 11) is 0. The lowest BCUT2D eigenvalue weighted by molar-refractivity contribution is -0.137. The minimum atomic E-state index is -0.945. The van der Waals surface area contributed by atoms with Crippen molar-refractivity contribution in [2.24, 2.45) is 5.73 Å². The summed E-state index contributed by atoms with van der Waals surface area (Å²) in [6.07, 6.45) is -0.130. The fourth-order valence-electron chi connectivity index (χ4n) is 1.14. The number of rotatable bonds is 3. The molecule has 0 saturated heterocycles. The Kier molecular flexibility index (Phi) is 3.21. The van der Waals surface area contributed by atoms with E-state index in [0.717, 1.165) is 0 Å². The maximum atomic E-state index is 10.4. The molecule has 0 radical (unpaired) electrons. The first kappa shape index (κ1) is 10.2. The van der Waals surface area contributed by atoms with E-state index in [4.69, 9.17) is 16.1 Å². The quantitative estimate of drug-likeness (QED) is 0.745. The van der Waals surface area contributed by atoms with Crippen LogP contribution in [-0.2, 0) is 4.79 Å². The fourth-order valence-corrected chi connectivity index (χ4v) is 1.14. The van der Waals surface area contributed by atoms with Gasteiger partial charge in [0.05, 0.1) is 18.1 Å². The van der Waals surface area contributed by atoms with Gasteiger partial charge in [0, 0.05) is 6.04 Å². The molecule has 1 aromatic rings. The number of carbonyl (C=O) groups is 1. The van der Waals surface area contributed by atoms with Gasteiger partial charge in [-0.2, -0.15) is 5.26 Å². The Morgan fingerprint density at radius 2 is 2.36 bits per heavy atom. The highest BCUT2D eigenvalue weighted by Crippen LogP contribution is 2.14. The molecule has 4 heteroatoms. The Hall–Kier alpha value is -1.86. The van der Waals surface area contributed by atoms with Crippen LogP contribution in [0.1, 0.15) is 23.6 Å². The maximum absolute atomic E-state index is 10.4. The minimum Gasteiger partial charge on any atom is -0.481 e. The van der Waals surface area contributed by atoms with E-state index in [1.54, 1.807) is 24.3 Å². The summed E-state index contributed by atoms with van der Waals surface area (Å²) in [4.78, 5) is 10.4. The average Bonchev–Trinajstić information content (AvgIpc) is 2.17. The predicted molar refractivity (Wildman–Crippen MR) is 50.3 cm³/mol. The number of nitriles is 1. The van der Waals surface area contributed by atoms with Gasteiger partial charge in [-0.3, -0.25) is 4.79 Å². The van der Waals surface area contributed by atoms with Gasteiger partial charge in [-0.15, -0.1) is 0 Å². The van der Waals surface area contributed by atoms with Crippen LogP contribution in [0, 0.1) is 11.3 Å². The van der Waals surface area contributed by atoms with Gasteiger partial charge < -0.3 is 10.8 Å². The van der Waals surface area contributed by atoms with Gasteiger partial charge in [-0.25, -0.2) is 0 Å². The van der Waals surface area contributed by atoms with Crippen LogP contribution in [0.2, 0.25) is 0 Å². The van der Waals surface area contributed by atoms with Crippen LogP contribution < -0.4 is 5.73 Å². The van der Waals surface area contributed by atoms with Crippen LogP contribution in [-0.4, -0.2) is 11.1 Å². The Bertz CT molecular complexity index is 382. The lowest BCUT2D eigenvalue weighted by atomic mass is 10.0. The summed E-state index contributed by atoms with van der Waals surface area (Å²) in [5.41, 5.74) is 6.79. The topological polar surface area (TPSA) is 87.1 Å². The van der Waals surface area contributed by atoms with Crippen molar-refractivity contribution in [3.05, 3.63) is 35.4 Å². The first-order valence-corrected chi connectivity index (χ1v) is 4.11. The Morgan fingerprint density at radius 1 is 1.64 bits per heavy atom. The maximum Gasteiger partial charge on any atom is 0.305 e. The molecule has 0 aliphatic carbocycles. The molecule has 1 rings (SSSR count). The largest absolute Gasteiger partial charge is 0.481 e. The molecule has 72 valence electrons. The Labute approximate surface area is 81.6 Å². The second-order valence-corrected chi connectivity index (χ2v) is 2.94. The number of carboxylic acid groups (broad SMARTS) is 1. The molecule has 1 atom stereocenters. The molecule has 0 unspecified atom stereocenters. The van der Waals surface area contributed by atoms with Crippen LogP contribution in [0.3, 0.4) is 0 Å². The molecule has 4 nitrogen and oxygen atoms in total. The minimum absolute atomic E-state index is 0.130. The third-order valence-corrected chi connectivity index (χ3v) is 1.84. The first-order chi connectivity index (χ1) is 6.63. The molecule has 0 aromatic heterocycles. The molecule has 0 aliphatic rings. The number of hydrogen-bond donors (Lipinski definition) is 2. The summed E-state index contributed by atoms with van der Waals surface area (Å²) in [5, 5.41) is 17.1. The number of nitrogens with two attached hydrogens (primary N) is 1. The van der Waals surface area contributed by atoms with Crippen molar-refractivity contribution < 1.29 is 9.90 Å². The number of nitrogens with zero attached hydrogens (tertiary/aromatic N) is 1. The monoisotopic (exact) mass is 190 g/mol. The Balaban J connectivity index is 2.85. The van der Waals surface area contributed by atoms with Crippen molar-refractivity contribution in [1.82, 2.24) is 0 Å². The second-order valence-electron chi connectivity index (χ2n) is 2.94. The van der Waals surface area contributed by atoms with Gasteiger partial charge in [0.15, 0.2) is 0 Å². The molecule has 0 heterocycles. The highest BCUT2D eigenvalue weighted by Gasteiger charge is 2.10. The van der Waals surface area contributed by atoms with Crippen LogP contribution >= 0.6 is 0 Å². The standard InChI is InChI=1S/C10H10N2O2/c11-6-7-2-1-3-8(4-7)9(12)5-10(13)14/h1-4,9H,5,12H2,(H,13,14)/t9-/m0/s1. The lowest BCUT2D eigenvalue weighted by Crippen LogP contribution is -2.14. The summed E-state index contributed by atoms with van der Waals surface area (Å²) < 4.78 is 0. The normalized spacial score (nSPS) is 11.7. The SMILES string of the molecule is N#Cc1cccc([C@@H](N)CC(=O)O)c1. The van der Waals surface area contributed by atoms with E-state index in [9.17, 15) is 4.79 Å². The number of hydrogen-bond acceptors (Lipinski definition) is 3. The molecule has 0 fully saturated rings. The van der Waals surface area contributed by atoms with E-state index in [0.29, 0.717) is 11.1 Å². The molecule has 0 amide bonds. The Morgan fingerprint density at radius 3 is 2.93 bits per heavy atom. The van der Waals surface area contributed by atoms with Crippen molar-refractivity contribution in [3.63, 3.8) is 0 Å². The van der Waals surface area contributed by atoms with Crippen LogP contribution in [0.4, 0.5) is 0 Å². The van der Waals surface area contributed by atoms with E-state index < -0.39 is 12.0 Å². The van der Waals surface area contributed by atoms with Crippen molar-refractivity contribution in [1.29, 1.82) is 5.26 Å². The summed E-state index contributed by atoms with van der Waals surface area (Å²) in [6, 6.07) is 8.08. The van der Waals surface area contributed by atoms with Gasteiger partial charge in [-0.05, 0) is 17.7 Å². The van der Waals surface area contributed by atoms with Crippen LogP contribution in [0.25, 0.3) is 0 Å². The van der Waals surface area contributed by atoms with Crippen LogP contribution in [0.5, 0.6) is 0 Å². The number of benzene rings is 1. The van der Waals surface area contributed by atoms with Crippen molar-refractivity contribution >= 4 is 5.97 Å². The third-order valence-electron chi connectivity index (χ3n) is 1.84. The second kappa shape index (κ2) is 4.40. The molecule has 14 heavy (non-hydrogen) atoms. The summed E-state index contributed by atoms with van der Waals surface area (Å²) >= 11 is 0. The smallest absolute Gasteiger partial charge is 0.305 e. The fraction of sp³-hybridized carbons (Fsp3) is 0.200. The highest BCUT2D eigenvalue weighted by atomic mass is 16.4. The van der Waals surface area contributed by atoms with Gasteiger partial charge in [0.1, 0.15) is 0 Å². The number of aliphatic carboxylic acids is 1. The van der Waals surface area contributed by atoms with E-state index >= 15 is 0 Å². The van der Waals surface area contributed by atoms with Gasteiger partial charge in [-0.1, -0.05) is 12.1 Å². The van der Waals surface area contributed by atoms with Crippen LogP contribution in [0.15, 0.2) is 24.3 Å². The average molecular weight is 190 g/mol. The molecular formula is C10H10N2O2. The molecule has 1 aromatic carbocycles. The van der Waals surface area contributed by atoms with Gasteiger partial charge in [0.2, 0.25) is 0 Å². The molecule has 3 N–H and O–H groups in total. The van der Waals surface area contributed by atoms with E-state index in [1.165, 1.54) is 0 Å².